The van der Waals surface area contributed by atoms with E-state index in [2.05, 4.69) is 0 Å². The van der Waals surface area contributed by atoms with Crippen LogP contribution in [0.4, 0.5) is 0 Å². The number of unbranched alkanes of at least 4 members (excludes halogenated alkanes) is 5. The molecule has 0 bridgehead atoms. The van der Waals surface area contributed by atoms with Crippen LogP contribution in [0.15, 0.2) is 0 Å². The van der Waals surface area contributed by atoms with Gasteiger partial charge in [0.25, 0.3) is 0 Å². The van der Waals surface area contributed by atoms with Crippen molar-refractivity contribution in [2.24, 2.45) is 0 Å². The van der Waals surface area contributed by atoms with Crippen molar-refractivity contribution in [2.75, 3.05) is 85.9 Å². The molecule has 6 heterocycles. The molecule has 6 saturated heterocycles. The van der Waals surface area contributed by atoms with E-state index in [1.54, 1.807) is 41.5 Å². The molecule has 0 amide bonds. The fourth-order valence-corrected chi connectivity index (χ4v) is 12.1. The van der Waals surface area contributed by atoms with Crippen molar-refractivity contribution in [1.82, 2.24) is 0 Å². The molecule has 41 heteroatoms. The normalized spacial score (nSPS) is 40.2. The van der Waals surface area contributed by atoms with Crippen LogP contribution in [0.25, 0.3) is 0 Å². The molecule has 104 heavy (non-hydrogen) atoms. The first-order chi connectivity index (χ1) is 48.4. The number of aliphatic hydroxyl groups excluding tert-OH is 18. The van der Waals surface area contributed by atoms with Crippen molar-refractivity contribution >= 4 is 15.2 Å². The standard InChI is InChI=1S/C35H67O20P.C28H53O19P/c1-34(2,3)51-14-11-10-12-47-16-19-22(36)25(39)29(43)32(53-19)49-18-21-24(38)27(41)30(44)33(55-21)50-17-20-23(37)26(40)28(42)31(54-20)48-13-8-7-9-15-52-56(45,46)35(4,5)6;1-28(2,3)43-12-15-18(31)21(34)24(37)27(47-15)42-11-14-17(30)20(33)23(36)26(46-14)41-10-13-16(29)19(32)22(35)25(45-13)40-8-6-5-7-9-44-48(4,38)39/h19-33,36-44H,7-18H2,1-6H3,(H,45,46);13-27,29-37H,5-12H2,1-4H3,(H,38,39). The Morgan fingerprint density at radius 1 is 0.279 bits per heavy atom. The Balaban J connectivity index is 0.000000378. The molecule has 0 spiro atoms. The van der Waals surface area contributed by atoms with E-state index in [1.807, 2.05) is 20.8 Å². The van der Waals surface area contributed by atoms with E-state index in [4.69, 9.17) is 85.0 Å². The second-order valence-corrected chi connectivity index (χ2v) is 34.1. The lowest BCUT2D eigenvalue weighted by Crippen LogP contribution is -2.62. The van der Waals surface area contributed by atoms with E-state index in [9.17, 15) is 106 Å². The Bertz CT molecular complexity index is 2500. The molecule has 0 aliphatic carbocycles. The van der Waals surface area contributed by atoms with Crippen LogP contribution in [0.2, 0.25) is 0 Å². The van der Waals surface area contributed by atoms with E-state index >= 15 is 0 Å². The molecule has 0 radical (unpaired) electrons. The average molecular weight is 1560 g/mol. The van der Waals surface area contributed by atoms with Crippen molar-refractivity contribution in [1.29, 1.82) is 0 Å². The zero-order chi connectivity index (χ0) is 78.0. The number of aliphatic hydroxyl groups is 18. The molecule has 6 rings (SSSR count). The molecule has 0 aromatic rings. The summed E-state index contributed by atoms with van der Waals surface area (Å²) in [5.74, 6) is 0. The third kappa shape index (κ3) is 28.9. The number of hydrogen-bond acceptors (Lipinski definition) is 37. The Hall–Kier alpha value is -1.02. The number of ether oxygens (including phenoxy) is 15. The predicted octanol–water partition coefficient (Wildman–Crippen LogP) is -5.48. The summed E-state index contributed by atoms with van der Waals surface area (Å²) < 4.78 is 117. The molecule has 6 fully saturated rings. The molecule has 616 valence electrons. The van der Waals surface area contributed by atoms with Gasteiger partial charge in [-0.2, -0.15) is 0 Å². The fraction of sp³-hybridized carbons (Fsp3) is 1.00. The summed E-state index contributed by atoms with van der Waals surface area (Å²) in [7, 11) is -7.35. The van der Waals surface area contributed by atoms with Gasteiger partial charge in [-0.25, -0.2) is 0 Å². The van der Waals surface area contributed by atoms with Gasteiger partial charge in [0, 0.05) is 33.1 Å². The van der Waals surface area contributed by atoms with Crippen LogP contribution in [0.1, 0.15) is 114 Å². The van der Waals surface area contributed by atoms with Crippen molar-refractivity contribution < 1.29 is 191 Å². The van der Waals surface area contributed by atoms with Crippen LogP contribution < -0.4 is 0 Å². The summed E-state index contributed by atoms with van der Waals surface area (Å²) in [5, 5.41) is 188. The summed E-state index contributed by atoms with van der Waals surface area (Å²) in [4.78, 5) is 19.1. The molecule has 32 unspecified atom stereocenters. The van der Waals surface area contributed by atoms with Crippen molar-refractivity contribution in [3.8, 4) is 0 Å². The lowest BCUT2D eigenvalue weighted by molar-refractivity contribution is -0.343. The molecule has 0 saturated carbocycles. The zero-order valence-corrected chi connectivity index (χ0v) is 62.3. The summed E-state index contributed by atoms with van der Waals surface area (Å²) in [6, 6.07) is 0. The minimum Gasteiger partial charge on any atom is -0.387 e. The molecule has 39 nitrogen and oxygen atoms in total. The summed E-state index contributed by atoms with van der Waals surface area (Å²) in [6.45, 7) is 15.7. The molecule has 20 N–H and O–H groups in total. The van der Waals surface area contributed by atoms with Gasteiger partial charge in [-0.3, -0.25) is 9.13 Å². The predicted molar refractivity (Wildman–Crippen MR) is 352 cm³/mol. The Labute approximate surface area is 604 Å². The second kappa shape index (κ2) is 42.7. The Morgan fingerprint density at radius 3 is 0.817 bits per heavy atom. The maximum absolute atomic E-state index is 12.2. The highest BCUT2D eigenvalue weighted by Gasteiger charge is 2.53. The van der Waals surface area contributed by atoms with Gasteiger partial charge in [0.2, 0.25) is 0 Å². The molecular weight excluding hydrogens is 1440 g/mol. The first kappa shape index (κ1) is 93.6. The van der Waals surface area contributed by atoms with Crippen LogP contribution >= 0.6 is 15.2 Å². The van der Waals surface area contributed by atoms with Crippen LogP contribution in [0.5, 0.6) is 0 Å². The Kier molecular flexibility index (Phi) is 38.5. The number of hydrogen-bond donors (Lipinski definition) is 20. The average Bonchev–Trinajstić information content (AvgIpc) is 0.808. The minimum absolute atomic E-state index is 0.0562. The largest absolute Gasteiger partial charge is 0.387 e. The van der Waals surface area contributed by atoms with E-state index in [1.165, 1.54) is 0 Å². The first-order valence-electron chi connectivity index (χ1n) is 35.0. The molecule has 0 aromatic heterocycles. The van der Waals surface area contributed by atoms with Crippen molar-refractivity contribution in [2.45, 2.75) is 314 Å². The molecular formula is C63H120O39P2. The quantitative estimate of drug-likeness (QED) is 0.0204. The number of rotatable bonds is 37. The van der Waals surface area contributed by atoms with Gasteiger partial charge in [0.15, 0.2) is 37.7 Å². The molecule has 6 aliphatic heterocycles. The van der Waals surface area contributed by atoms with Crippen LogP contribution in [-0.4, -0.2) is 388 Å². The summed E-state index contributed by atoms with van der Waals surface area (Å²) in [5.41, 5.74) is -0.856. The van der Waals surface area contributed by atoms with Gasteiger partial charge in [-0.15, -0.1) is 0 Å². The molecule has 6 aliphatic rings. The zero-order valence-electron chi connectivity index (χ0n) is 60.6. The van der Waals surface area contributed by atoms with Crippen molar-refractivity contribution in [3.63, 3.8) is 0 Å². The Morgan fingerprint density at radius 2 is 0.529 bits per heavy atom. The van der Waals surface area contributed by atoms with E-state index in [0.717, 1.165) is 13.1 Å². The SMILES string of the molecule is CC(C)(C)OCC1OC(OCC2OC(OCC3OC(OCCCCCOP(C)(=O)O)C(O)C(O)C3O)C(O)C(O)C2O)C(O)C(O)C1O.CC(C)(C)OCCCCOCC1OC(OCC2OC(OCC3OC(OCCCCCOP(=O)(O)C(C)(C)C)C(O)C(O)C3O)C(O)C(O)C2O)C(O)C(O)C1O. The van der Waals surface area contributed by atoms with E-state index in [-0.39, 0.29) is 45.2 Å². The minimum atomic E-state index is -3.78. The topological polar surface area (TPSA) is 596 Å². The van der Waals surface area contributed by atoms with Gasteiger partial charge in [0.1, 0.15) is 146 Å². The van der Waals surface area contributed by atoms with Crippen LogP contribution in [0, 0.1) is 0 Å². The third-order valence-corrected chi connectivity index (χ3v) is 20.4. The van der Waals surface area contributed by atoms with Crippen LogP contribution in [0.3, 0.4) is 0 Å². The maximum atomic E-state index is 12.2. The molecule has 32 atom stereocenters. The summed E-state index contributed by atoms with van der Waals surface area (Å²) in [6.07, 6.45) is -42.6. The second-order valence-electron chi connectivity index (χ2n) is 29.6. The smallest absolute Gasteiger partial charge is 0.333 e. The maximum Gasteiger partial charge on any atom is 0.333 e. The van der Waals surface area contributed by atoms with Crippen LogP contribution in [-0.2, 0) is 89.2 Å². The third-order valence-electron chi connectivity index (χ3n) is 17.5. The lowest BCUT2D eigenvalue weighted by atomic mass is 9.98. The highest BCUT2D eigenvalue weighted by molar-refractivity contribution is 7.54. The highest BCUT2D eigenvalue weighted by Crippen LogP contribution is 2.55. The summed E-state index contributed by atoms with van der Waals surface area (Å²) >= 11 is 0. The molecule has 0 aromatic carbocycles. The van der Waals surface area contributed by atoms with Gasteiger partial charge in [-0.05, 0) is 114 Å². The van der Waals surface area contributed by atoms with E-state index < -0.39 is 237 Å². The van der Waals surface area contributed by atoms with Gasteiger partial charge in [0.05, 0.1) is 69.2 Å². The van der Waals surface area contributed by atoms with Gasteiger partial charge < -0.3 is 182 Å². The lowest BCUT2D eigenvalue weighted by Gasteiger charge is -2.44. The van der Waals surface area contributed by atoms with E-state index in [0.29, 0.717) is 58.2 Å². The monoisotopic (exact) mass is 1560 g/mol. The van der Waals surface area contributed by atoms with Gasteiger partial charge in [-0.1, -0.05) is 0 Å². The van der Waals surface area contributed by atoms with Gasteiger partial charge >= 0.3 is 15.2 Å². The fourth-order valence-electron chi connectivity index (χ4n) is 10.9. The highest BCUT2D eigenvalue weighted by atomic mass is 31.2. The first-order valence-corrected chi connectivity index (χ1v) is 38.6. The van der Waals surface area contributed by atoms with Crippen molar-refractivity contribution in [3.05, 3.63) is 0 Å².